The molecule has 1 aliphatic rings. The Hall–Kier alpha value is -2.01. The van der Waals surface area contributed by atoms with E-state index in [4.69, 9.17) is 21.1 Å². The van der Waals surface area contributed by atoms with Crippen LogP contribution in [0.3, 0.4) is 0 Å². The van der Waals surface area contributed by atoms with E-state index in [1.165, 1.54) is 4.90 Å². The van der Waals surface area contributed by atoms with Gasteiger partial charge < -0.3 is 9.47 Å². The second kappa shape index (κ2) is 11.8. The summed E-state index contributed by atoms with van der Waals surface area (Å²) >= 11 is 12.6. The number of carbonyl (C=O) groups excluding carboxylic acids is 2. The fourth-order valence-electron chi connectivity index (χ4n) is 3.40. The zero-order valence-electron chi connectivity index (χ0n) is 18.6. The Kier molecular flexibility index (Phi) is 8.80. The van der Waals surface area contributed by atoms with Crippen molar-refractivity contribution in [2.45, 2.75) is 20.1 Å². The molecule has 1 saturated heterocycles. The zero-order valence-corrected chi connectivity index (χ0v) is 23.9. The Balaban J connectivity index is 1.55. The molecule has 1 heterocycles. The number of amides is 2. The minimum atomic E-state index is -0.313. The van der Waals surface area contributed by atoms with Crippen LogP contribution in [0.5, 0.6) is 11.5 Å². The van der Waals surface area contributed by atoms with Crippen molar-refractivity contribution in [3.8, 4) is 11.5 Å². The molecule has 0 spiro atoms. The van der Waals surface area contributed by atoms with Crippen LogP contribution in [0.2, 0.25) is 5.02 Å². The molecule has 0 atom stereocenters. The summed E-state index contributed by atoms with van der Waals surface area (Å²) in [5.41, 5.74) is 2.60. The molecular formula is C26H20BrClINO4S. The highest BCUT2D eigenvalue weighted by Gasteiger charge is 2.35. The van der Waals surface area contributed by atoms with Crippen molar-refractivity contribution in [2.24, 2.45) is 0 Å². The predicted molar refractivity (Wildman–Crippen MR) is 152 cm³/mol. The first kappa shape index (κ1) is 26.1. The summed E-state index contributed by atoms with van der Waals surface area (Å²) in [4.78, 5) is 27.2. The molecule has 35 heavy (non-hydrogen) atoms. The number of nitrogens with zero attached hydrogens (tertiary/aromatic N) is 1. The number of rotatable bonds is 8. The van der Waals surface area contributed by atoms with Crippen LogP contribution in [-0.4, -0.2) is 22.7 Å². The molecule has 0 aromatic heterocycles. The molecule has 0 radical (unpaired) electrons. The van der Waals surface area contributed by atoms with E-state index < -0.39 is 0 Å². The number of benzene rings is 3. The quantitative estimate of drug-likeness (QED) is 0.178. The summed E-state index contributed by atoms with van der Waals surface area (Å²) in [5, 5.41) is 0.378. The molecule has 3 aromatic carbocycles. The van der Waals surface area contributed by atoms with E-state index in [-0.39, 0.29) is 17.7 Å². The number of thioether (sulfide) groups is 1. The Bertz CT molecular complexity index is 1300. The number of hydrogen-bond donors (Lipinski definition) is 0. The smallest absolute Gasteiger partial charge is 0.293 e. The monoisotopic (exact) mass is 683 g/mol. The van der Waals surface area contributed by atoms with Crippen LogP contribution in [-0.2, 0) is 17.9 Å². The summed E-state index contributed by atoms with van der Waals surface area (Å²) in [6.07, 6.45) is 1.72. The summed E-state index contributed by atoms with van der Waals surface area (Å²) in [5.74, 6) is 0.889. The molecule has 180 valence electrons. The Morgan fingerprint density at radius 1 is 1.09 bits per heavy atom. The van der Waals surface area contributed by atoms with Gasteiger partial charge in [0.25, 0.3) is 11.1 Å². The average molecular weight is 685 g/mol. The van der Waals surface area contributed by atoms with E-state index in [1.54, 1.807) is 6.08 Å². The summed E-state index contributed by atoms with van der Waals surface area (Å²) in [6, 6.07) is 18.7. The molecule has 9 heteroatoms. The van der Waals surface area contributed by atoms with E-state index >= 15 is 0 Å². The maximum atomic E-state index is 13.0. The van der Waals surface area contributed by atoms with E-state index in [0.29, 0.717) is 34.6 Å². The topological polar surface area (TPSA) is 55.8 Å². The van der Waals surface area contributed by atoms with Gasteiger partial charge in [-0.05, 0) is 94.4 Å². The lowest BCUT2D eigenvalue weighted by atomic mass is 10.1. The summed E-state index contributed by atoms with van der Waals surface area (Å²) in [7, 11) is 0. The van der Waals surface area contributed by atoms with E-state index in [0.717, 1.165) is 36.5 Å². The molecule has 3 aromatic rings. The second-order valence-electron chi connectivity index (χ2n) is 7.54. The lowest BCUT2D eigenvalue weighted by Crippen LogP contribution is -2.27. The summed E-state index contributed by atoms with van der Waals surface area (Å²) in [6.45, 7) is 2.93. The first-order valence-electron chi connectivity index (χ1n) is 10.7. The molecule has 0 unspecified atom stereocenters. The van der Waals surface area contributed by atoms with E-state index in [1.807, 2.05) is 67.6 Å². The van der Waals surface area contributed by atoms with Crippen LogP contribution in [0.15, 0.2) is 70.0 Å². The van der Waals surface area contributed by atoms with E-state index in [9.17, 15) is 9.59 Å². The highest BCUT2D eigenvalue weighted by molar-refractivity contribution is 14.1. The van der Waals surface area contributed by atoms with Crippen LogP contribution < -0.4 is 9.47 Å². The molecule has 0 N–H and O–H groups in total. The first-order valence-corrected chi connectivity index (χ1v) is 13.7. The molecule has 1 aliphatic heterocycles. The van der Waals surface area contributed by atoms with Gasteiger partial charge in [-0.25, -0.2) is 0 Å². The van der Waals surface area contributed by atoms with Gasteiger partial charge in [0, 0.05) is 9.50 Å². The number of hydrogen-bond acceptors (Lipinski definition) is 5. The number of imide groups is 1. The number of carbonyl (C=O) groups is 2. The van der Waals surface area contributed by atoms with Gasteiger partial charge in [-0.15, -0.1) is 0 Å². The normalized spacial score (nSPS) is 14.6. The van der Waals surface area contributed by atoms with Gasteiger partial charge in [0.05, 0.1) is 21.6 Å². The Morgan fingerprint density at radius 2 is 1.83 bits per heavy atom. The van der Waals surface area contributed by atoms with Crippen molar-refractivity contribution in [1.82, 2.24) is 4.90 Å². The minimum absolute atomic E-state index is 0.211. The van der Waals surface area contributed by atoms with Crippen molar-refractivity contribution < 1.29 is 19.1 Å². The fourth-order valence-corrected chi connectivity index (χ4v) is 5.55. The van der Waals surface area contributed by atoms with Crippen LogP contribution >= 0.6 is 61.9 Å². The lowest BCUT2D eigenvalue weighted by Gasteiger charge is -2.15. The van der Waals surface area contributed by atoms with Gasteiger partial charge in [0.1, 0.15) is 6.61 Å². The number of halogens is 3. The van der Waals surface area contributed by atoms with Crippen LogP contribution in [0, 0.1) is 3.57 Å². The second-order valence-corrected chi connectivity index (χ2v) is 11.0. The maximum Gasteiger partial charge on any atom is 0.293 e. The molecule has 1 fully saturated rings. The SMILES string of the molecule is CCOc1cc(/C=C2/SC(=O)N(Cc3ccccc3Br)C2=O)cc(I)c1OCc1ccc(Cl)cc1. The van der Waals surface area contributed by atoms with Crippen molar-refractivity contribution >= 4 is 79.1 Å². The maximum absolute atomic E-state index is 13.0. The van der Waals surface area contributed by atoms with Gasteiger partial charge in [-0.1, -0.05) is 57.9 Å². The lowest BCUT2D eigenvalue weighted by molar-refractivity contribution is -0.123. The molecule has 2 amide bonds. The number of ether oxygens (including phenoxy) is 2. The zero-order chi connectivity index (χ0) is 24.9. The minimum Gasteiger partial charge on any atom is -0.490 e. The third kappa shape index (κ3) is 6.41. The standard InChI is InChI=1S/C26H20BrClINO4S/c1-2-33-22-12-17(11-21(29)24(22)34-15-16-7-9-19(28)10-8-16)13-23-25(31)30(26(32)35-23)14-18-5-3-4-6-20(18)27/h3-13H,2,14-15H2,1H3/b23-13+. The van der Waals surface area contributed by atoms with Gasteiger partial charge in [-0.2, -0.15) is 0 Å². The third-order valence-electron chi connectivity index (χ3n) is 5.09. The van der Waals surface area contributed by atoms with Crippen molar-refractivity contribution in [3.63, 3.8) is 0 Å². The Morgan fingerprint density at radius 3 is 2.54 bits per heavy atom. The highest BCUT2D eigenvalue weighted by Crippen LogP contribution is 2.38. The van der Waals surface area contributed by atoms with Crippen molar-refractivity contribution in [2.75, 3.05) is 6.61 Å². The van der Waals surface area contributed by atoms with E-state index in [2.05, 4.69) is 38.5 Å². The first-order chi connectivity index (χ1) is 16.9. The van der Waals surface area contributed by atoms with Crippen molar-refractivity contribution in [1.29, 1.82) is 0 Å². The largest absolute Gasteiger partial charge is 0.490 e. The van der Waals surface area contributed by atoms with Crippen LogP contribution in [0.4, 0.5) is 4.79 Å². The molecule has 5 nitrogen and oxygen atoms in total. The molecule has 0 saturated carbocycles. The van der Waals surface area contributed by atoms with Crippen LogP contribution in [0.1, 0.15) is 23.6 Å². The average Bonchev–Trinajstić information content (AvgIpc) is 3.08. The molecular weight excluding hydrogens is 665 g/mol. The van der Waals surface area contributed by atoms with Crippen molar-refractivity contribution in [3.05, 3.63) is 95.3 Å². The molecule has 4 rings (SSSR count). The highest BCUT2D eigenvalue weighted by atomic mass is 127. The van der Waals surface area contributed by atoms with Gasteiger partial charge >= 0.3 is 0 Å². The Labute approximate surface area is 235 Å². The van der Waals surface area contributed by atoms with Crippen LogP contribution in [0.25, 0.3) is 6.08 Å². The molecule has 0 aliphatic carbocycles. The molecule has 0 bridgehead atoms. The van der Waals surface area contributed by atoms with Gasteiger partial charge in [0.2, 0.25) is 0 Å². The third-order valence-corrected chi connectivity index (χ3v) is 7.82. The predicted octanol–water partition coefficient (Wildman–Crippen LogP) is 7.92. The summed E-state index contributed by atoms with van der Waals surface area (Å²) < 4.78 is 13.6. The van der Waals surface area contributed by atoms with Gasteiger partial charge in [-0.3, -0.25) is 14.5 Å². The fraction of sp³-hybridized carbons (Fsp3) is 0.154. The van der Waals surface area contributed by atoms with Gasteiger partial charge in [0.15, 0.2) is 11.5 Å².